The number of fused-ring (bicyclic) bond motifs is 1. The van der Waals surface area contributed by atoms with Crippen LogP contribution in [-0.2, 0) is 17.9 Å². The first-order valence-corrected chi connectivity index (χ1v) is 7.63. The molecule has 6 heteroatoms. The maximum absolute atomic E-state index is 12.1. The van der Waals surface area contributed by atoms with Crippen molar-refractivity contribution in [3.05, 3.63) is 11.6 Å². The van der Waals surface area contributed by atoms with Crippen molar-refractivity contribution < 1.29 is 4.79 Å². The summed E-state index contributed by atoms with van der Waals surface area (Å²) in [5.41, 5.74) is 0. The van der Waals surface area contributed by atoms with Crippen molar-refractivity contribution in [2.24, 2.45) is 0 Å². The van der Waals surface area contributed by atoms with Gasteiger partial charge in [0.05, 0.1) is 13.1 Å². The maximum atomic E-state index is 12.1. The van der Waals surface area contributed by atoms with Gasteiger partial charge in [-0.2, -0.15) is 0 Å². The zero-order valence-corrected chi connectivity index (χ0v) is 12.1. The third-order valence-electron chi connectivity index (χ3n) is 4.35. The van der Waals surface area contributed by atoms with E-state index in [0.717, 1.165) is 44.1 Å². The van der Waals surface area contributed by atoms with E-state index in [0.29, 0.717) is 12.6 Å². The number of rotatable bonds is 3. The van der Waals surface area contributed by atoms with Crippen LogP contribution in [0.5, 0.6) is 0 Å². The molecule has 0 radical (unpaired) electrons. The van der Waals surface area contributed by atoms with Crippen LogP contribution in [0.25, 0.3) is 0 Å². The molecule has 0 spiro atoms. The molecular formula is C14H23N5O. The predicted molar refractivity (Wildman–Crippen MR) is 75.1 cm³/mol. The van der Waals surface area contributed by atoms with Gasteiger partial charge in [0, 0.05) is 19.1 Å². The van der Waals surface area contributed by atoms with Crippen molar-refractivity contribution in [1.29, 1.82) is 0 Å². The molecule has 0 bridgehead atoms. The van der Waals surface area contributed by atoms with Gasteiger partial charge in [0.1, 0.15) is 11.6 Å². The van der Waals surface area contributed by atoms with E-state index in [1.165, 1.54) is 19.3 Å². The first-order chi connectivity index (χ1) is 9.72. The zero-order valence-electron chi connectivity index (χ0n) is 12.1. The van der Waals surface area contributed by atoms with Gasteiger partial charge < -0.3 is 9.88 Å². The van der Waals surface area contributed by atoms with Gasteiger partial charge in [0.25, 0.3) is 0 Å². The maximum Gasteiger partial charge on any atom is 0.234 e. The molecule has 1 saturated carbocycles. The van der Waals surface area contributed by atoms with Crippen LogP contribution in [0.1, 0.15) is 43.8 Å². The number of carbonyl (C=O) groups excluding carboxylic acids is 1. The smallest absolute Gasteiger partial charge is 0.234 e. The molecule has 0 saturated heterocycles. The first kappa shape index (κ1) is 13.5. The Bertz CT molecular complexity index is 478. The van der Waals surface area contributed by atoms with E-state index in [1.807, 2.05) is 6.92 Å². The molecule has 1 aliphatic heterocycles. The molecule has 6 nitrogen and oxygen atoms in total. The Hall–Kier alpha value is -1.43. The zero-order chi connectivity index (χ0) is 13.9. The molecule has 0 unspecified atom stereocenters. The molecule has 1 aliphatic carbocycles. The summed E-state index contributed by atoms with van der Waals surface area (Å²) in [6.45, 7) is 4.94. The van der Waals surface area contributed by atoms with Crippen molar-refractivity contribution in [2.75, 3.05) is 13.1 Å². The monoisotopic (exact) mass is 277 g/mol. The van der Waals surface area contributed by atoms with Crippen molar-refractivity contribution in [2.45, 2.75) is 58.2 Å². The molecular weight excluding hydrogens is 254 g/mol. The largest absolute Gasteiger partial charge is 0.352 e. The van der Waals surface area contributed by atoms with Crippen molar-refractivity contribution in [3.63, 3.8) is 0 Å². The number of nitrogens with zero attached hydrogens (tertiary/aromatic N) is 4. The number of hydrogen-bond donors (Lipinski definition) is 1. The fourth-order valence-electron chi connectivity index (χ4n) is 3.21. The van der Waals surface area contributed by atoms with Gasteiger partial charge in [-0.25, -0.2) is 0 Å². The van der Waals surface area contributed by atoms with Crippen LogP contribution in [0.15, 0.2) is 0 Å². The molecule has 1 fully saturated rings. The Morgan fingerprint density at radius 1 is 1.25 bits per heavy atom. The predicted octanol–water partition coefficient (Wildman–Crippen LogP) is 0.851. The molecule has 2 aliphatic rings. The van der Waals surface area contributed by atoms with E-state index in [2.05, 4.69) is 25.0 Å². The molecule has 3 rings (SSSR count). The Morgan fingerprint density at radius 3 is 2.85 bits per heavy atom. The third kappa shape index (κ3) is 3.00. The van der Waals surface area contributed by atoms with E-state index < -0.39 is 0 Å². The topological polar surface area (TPSA) is 63.1 Å². The second kappa shape index (κ2) is 5.91. The van der Waals surface area contributed by atoms with Crippen LogP contribution in [0.2, 0.25) is 0 Å². The molecule has 110 valence electrons. The summed E-state index contributed by atoms with van der Waals surface area (Å²) in [5.74, 6) is 2.09. The highest BCUT2D eigenvalue weighted by Gasteiger charge is 2.22. The van der Waals surface area contributed by atoms with Gasteiger partial charge in [0.2, 0.25) is 5.91 Å². The van der Waals surface area contributed by atoms with Gasteiger partial charge in [0.15, 0.2) is 0 Å². The van der Waals surface area contributed by atoms with Gasteiger partial charge in [-0.1, -0.05) is 19.3 Å². The van der Waals surface area contributed by atoms with Crippen LogP contribution >= 0.6 is 0 Å². The van der Waals surface area contributed by atoms with Crippen LogP contribution in [0.4, 0.5) is 0 Å². The summed E-state index contributed by atoms with van der Waals surface area (Å²) < 4.78 is 2.13. The Morgan fingerprint density at radius 2 is 2.05 bits per heavy atom. The van der Waals surface area contributed by atoms with Gasteiger partial charge in [-0.05, 0) is 19.8 Å². The number of aryl methyl sites for hydroxylation is 1. The molecule has 1 aromatic rings. The third-order valence-corrected chi connectivity index (χ3v) is 4.35. The van der Waals surface area contributed by atoms with Gasteiger partial charge in [-0.3, -0.25) is 9.69 Å². The van der Waals surface area contributed by atoms with Gasteiger partial charge >= 0.3 is 0 Å². The highest BCUT2D eigenvalue weighted by molar-refractivity contribution is 5.78. The lowest BCUT2D eigenvalue weighted by Gasteiger charge is -2.28. The molecule has 2 heterocycles. The highest BCUT2D eigenvalue weighted by atomic mass is 16.2. The Labute approximate surface area is 119 Å². The fraction of sp³-hybridized carbons (Fsp3) is 0.786. The molecule has 0 atom stereocenters. The minimum absolute atomic E-state index is 0.154. The standard InChI is InChI=1S/C14H23N5O/c1-11-16-17-13-9-18(7-8-19(11)13)10-14(20)15-12-5-3-2-4-6-12/h12H,2-10H2,1H3,(H,15,20). The summed E-state index contributed by atoms with van der Waals surface area (Å²) >= 11 is 0. The highest BCUT2D eigenvalue weighted by Crippen LogP contribution is 2.17. The van der Waals surface area contributed by atoms with Crippen LogP contribution in [0.3, 0.4) is 0 Å². The number of aromatic nitrogens is 3. The molecule has 1 amide bonds. The first-order valence-electron chi connectivity index (χ1n) is 7.63. The Balaban J connectivity index is 1.50. The number of amides is 1. The van der Waals surface area contributed by atoms with E-state index in [4.69, 9.17) is 0 Å². The number of hydrogen-bond acceptors (Lipinski definition) is 4. The SMILES string of the molecule is Cc1nnc2n1CCN(CC(=O)NC1CCCCC1)C2. The molecule has 20 heavy (non-hydrogen) atoms. The summed E-state index contributed by atoms with van der Waals surface area (Å²) in [6.07, 6.45) is 6.08. The minimum Gasteiger partial charge on any atom is -0.352 e. The summed E-state index contributed by atoms with van der Waals surface area (Å²) in [5, 5.41) is 11.4. The van der Waals surface area contributed by atoms with E-state index in [-0.39, 0.29) is 5.91 Å². The van der Waals surface area contributed by atoms with Crippen molar-refractivity contribution in [1.82, 2.24) is 25.0 Å². The quantitative estimate of drug-likeness (QED) is 0.890. The minimum atomic E-state index is 0.154. The summed E-state index contributed by atoms with van der Waals surface area (Å²) in [7, 11) is 0. The normalized spacial score (nSPS) is 20.6. The summed E-state index contributed by atoms with van der Waals surface area (Å²) in [6, 6.07) is 0.395. The Kier molecular flexibility index (Phi) is 4.00. The molecule has 0 aromatic carbocycles. The fourth-order valence-corrected chi connectivity index (χ4v) is 3.21. The number of nitrogens with one attached hydrogen (secondary N) is 1. The lowest BCUT2D eigenvalue weighted by Crippen LogP contribution is -2.45. The second-order valence-corrected chi connectivity index (χ2v) is 5.93. The lowest BCUT2D eigenvalue weighted by atomic mass is 9.95. The molecule has 1 N–H and O–H groups in total. The average Bonchev–Trinajstić information content (AvgIpc) is 2.81. The van der Waals surface area contributed by atoms with Crippen LogP contribution < -0.4 is 5.32 Å². The number of carbonyl (C=O) groups is 1. The van der Waals surface area contributed by atoms with E-state index >= 15 is 0 Å². The van der Waals surface area contributed by atoms with Crippen LogP contribution in [-0.4, -0.2) is 44.7 Å². The van der Waals surface area contributed by atoms with Crippen molar-refractivity contribution in [3.8, 4) is 0 Å². The lowest BCUT2D eigenvalue weighted by molar-refractivity contribution is -0.123. The van der Waals surface area contributed by atoms with E-state index in [9.17, 15) is 4.79 Å². The van der Waals surface area contributed by atoms with Crippen LogP contribution in [0, 0.1) is 6.92 Å². The van der Waals surface area contributed by atoms with E-state index in [1.54, 1.807) is 0 Å². The molecule has 1 aromatic heterocycles. The van der Waals surface area contributed by atoms with Crippen molar-refractivity contribution >= 4 is 5.91 Å². The van der Waals surface area contributed by atoms with Gasteiger partial charge in [-0.15, -0.1) is 10.2 Å². The average molecular weight is 277 g/mol. The summed E-state index contributed by atoms with van der Waals surface area (Å²) in [4.78, 5) is 14.3. The second-order valence-electron chi connectivity index (χ2n) is 5.93.